The van der Waals surface area contributed by atoms with Crippen molar-refractivity contribution in [1.29, 1.82) is 0 Å². The molecule has 0 bridgehead atoms. The third kappa shape index (κ3) is 12.6. The largest absolute Gasteiger partial charge is 0.497 e. The highest BCUT2D eigenvalue weighted by molar-refractivity contribution is 6.00. The molecule has 0 spiro atoms. The van der Waals surface area contributed by atoms with Crippen LogP contribution in [0.25, 0.3) is 0 Å². The van der Waals surface area contributed by atoms with Crippen molar-refractivity contribution in [2.45, 2.75) is 89.8 Å². The van der Waals surface area contributed by atoms with Crippen LogP contribution in [0.1, 0.15) is 97.3 Å². The number of nitrogens with one attached hydrogen (secondary N) is 2. The summed E-state index contributed by atoms with van der Waals surface area (Å²) < 4.78 is 33.9. The number of hydrogen-bond donors (Lipinski definition) is 2. The second kappa shape index (κ2) is 23.8. The molecule has 6 atom stereocenters. The topological polar surface area (TPSA) is 154 Å². The van der Waals surface area contributed by atoms with Crippen LogP contribution in [0.3, 0.4) is 0 Å². The minimum absolute atomic E-state index is 0.121. The van der Waals surface area contributed by atoms with E-state index in [1.54, 1.807) is 105 Å². The molecule has 14 nitrogen and oxygen atoms in total. The van der Waals surface area contributed by atoms with Gasteiger partial charge in [0.05, 0.1) is 63.9 Å². The first-order chi connectivity index (χ1) is 31.7. The van der Waals surface area contributed by atoms with Gasteiger partial charge in [0, 0.05) is 50.2 Å². The Balaban J connectivity index is 0.000000247. The van der Waals surface area contributed by atoms with Crippen LogP contribution in [0.4, 0.5) is 0 Å². The third-order valence-electron chi connectivity index (χ3n) is 11.7. The first kappa shape index (κ1) is 50.0. The second-order valence-electron chi connectivity index (χ2n) is 16.3. The van der Waals surface area contributed by atoms with Crippen LogP contribution in [0.2, 0.25) is 0 Å². The molecule has 352 valence electrons. The van der Waals surface area contributed by atoms with Gasteiger partial charge in [-0.2, -0.15) is 0 Å². The van der Waals surface area contributed by atoms with Gasteiger partial charge in [0.15, 0.2) is 0 Å². The van der Waals surface area contributed by atoms with Gasteiger partial charge in [0.25, 0.3) is 11.8 Å². The smallest absolute Gasteiger partial charge is 0.258 e. The number of likely N-dealkylation sites (N-methyl/N-ethyl adjacent to an activating group) is 2. The molecule has 2 aliphatic heterocycles. The molecule has 4 aromatic carbocycles. The van der Waals surface area contributed by atoms with Crippen LogP contribution in [0.15, 0.2) is 109 Å². The summed E-state index contributed by atoms with van der Waals surface area (Å²) in [5.41, 5.74) is 2.53. The Hall–Kier alpha value is -6.96. The molecule has 0 saturated carbocycles. The Morgan fingerprint density at radius 2 is 0.864 bits per heavy atom. The van der Waals surface area contributed by atoms with E-state index in [2.05, 4.69) is 10.6 Å². The Morgan fingerprint density at radius 1 is 0.500 bits per heavy atom. The predicted molar refractivity (Wildman–Crippen MR) is 254 cm³/mol. The molecule has 0 saturated heterocycles. The fraction of sp³-hybridized carbons (Fsp3) is 0.385. The van der Waals surface area contributed by atoms with Crippen molar-refractivity contribution in [2.24, 2.45) is 0 Å². The van der Waals surface area contributed by atoms with Gasteiger partial charge in [0.1, 0.15) is 46.6 Å². The van der Waals surface area contributed by atoms with Crippen LogP contribution in [-0.2, 0) is 9.59 Å². The van der Waals surface area contributed by atoms with Gasteiger partial charge in [-0.15, -0.1) is 0 Å². The summed E-state index contributed by atoms with van der Waals surface area (Å²) in [5.74, 6) is 2.55. The molecule has 2 N–H and O–H groups in total. The first-order valence-electron chi connectivity index (χ1n) is 22.1. The second-order valence-corrected chi connectivity index (χ2v) is 16.3. The van der Waals surface area contributed by atoms with E-state index in [0.717, 1.165) is 11.1 Å². The van der Waals surface area contributed by atoms with E-state index in [1.807, 2.05) is 74.5 Å². The average molecular weight is 905 g/mol. The Morgan fingerprint density at radius 3 is 1.23 bits per heavy atom. The van der Waals surface area contributed by atoms with Gasteiger partial charge in [0.2, 0.25) is 11.8 Å². The molecule has 66 heavy (non-hydrogen) atoms. The summed E-state index contributed by atoms with van der Waals surface area (Å²) in [6, 6.07) is 23.2. The summed E-state index contributed by atoms with van der Waals surface area (Å²) >= 11 is 0. The molecule has 4 aromatic rings. The fourth-order valence-corrected chi connectivity index (χ4v) is 7.47. The van der Waals surface area contributed by atoms with Gasteiger partial charge < -0.3 is 48.9 Å². The number of carbonyl (C=O) groups excluding carboxylic acids is 4. The molecule has 0 fully saturated rings. The van der Waals surface area contributed by atoms with Crippen molar-refractivity contribution >= 4 is 23.6 Å². The number of methoxy groups -OCH3 is 4. The SMILES string of the molecule is COc1ccc([C@@H]2C/C=C/C[C@H](C)Oc3ccccc3C(=O)N(C)[C@H](C)C(=O)N2)c(OC)c1.COc1ccc([C@@H]2C/C=C\C[C@H](C)Oc3ccccc3C(=O)N(C)[C@H](C)C(=O)N2)c(OC)c1. The van der Waals surface area contributed by atoms with Gasteiger partial charge in [-0.25, -0.2) is 0 Å². The molecule has 2 heterocycles. The normalized spacial score (nSPS) is 22.9. The van der Waals surface area contributed by atoms with Gasteiger partial charge in [-0.1, -0.05) is 48.6 Å². The maximum absolute atomic E-state index is 13.2. The van der Waals surface area contributed by atoms with Gasteiger partial charge in [-0.05, 0) is 89.1 Å². The number of nitrogens with zero attached hydrogens (tertiary/aromatic N) is 2. The van der Waals surface area contributed by atoms with Crippen molar-refractivity contribution in [3.63, 3.8) is 0 Å². The zero-order valence-corrected chi connectivity index (χ0v) is 39.7. The zero-order valence-electron chi connectivity index (χ0n) is 39.7. The number of para-hydroxylation sites is 2. The molecular weight excluding hydrogens is 841 g/mol. The third-order valence-corrected chi connectivity index (χ3v) is 11.7. The maximum atomic E-state index is 13.2. The Bertz CT molecular complexity index is 2200. The fourth-order valence-electron chi connectivity index (χ4n) is 7.47. The monoisotopic (exact) mass is 904 g/mol. The molecule has 0 aromatic heterocycles. The van der Waals surface area contributed by atoms with Gasteiger partial charge >= 0.3 is 0 Å². The number of amides is 4. The summed E-state index contributed by atoms with van der Waals surface area (Å²) in [4.78, 5) is 55.7. The standard InChI is InChI=1S/2C26H32N2O5/c2*1-17-10-6-8-12-22(20-15-14-19(31-4)16-24(20)32-5)27-25(29)18(2)28(3)26(30)21-11-7-9-13-23(21)33-17/h2*6-9,11,13-18,22H,10,12H2,1-5H3,(H,27,29)/b8-6+;8-6-/t2*17-,18+,22-/m00/s1. The lowest BCUT2D eigenvalue weighted by Crippen LogP contribution is -2.47. The molecule has 2 aliphatic rings. The lowest BCUT2D eigenvalue weighted by Gasteiger charge is -2.28. The minimum atomic E-state index is -0.693. The van der Waals surface area contributed by atoms with E-state index in [4.69, 9.17) is 28.4 Å². The van der Waals surface area contributed by atoms with Crippen molar-refractivity contribution in [1.82, 2.24) is 20.4 Å². The van der Waals surface area contributed by atoms with Crippen molar-refractivity contribution in [3.8, 4) is 34.5 Å². The lowest BCUT2D eigenvalue weighted by molar-refractivity contribution is -0.126. The average Bonchev–Trinajstić information content (AvgIpc) is 3.33. The molecule has 0 aliphatic carbocycles. The number of benzene rings is 4. The number of carbonyl (C=O) groups is 4. The number of fused-ring (bicyclic) bond motifs is 2. The van der Waals surface area contributed by atoms with E-state index in [1.165, 1.54) is 9.80 Å². The van der Waals surface area contributed by atoms with E-state index >= 15 is 0 Å². The molecule has 0 unspecified atom stereocenters. The van der Waals surface area contributed by atoms with E-state index in [9.17, 15) is 19.2 Å². The summed E-state index contributed by atoms with van der Waals surface area (Å²) in [6.45, 7) is 7.36. The maximum Gasteiger partial charge on any atom is 0.258 e. The van der Waals surface area contributed by atoms with Gasteiger partial charge in [-0.3, -0.25) is 19.2 Å². The highest BCUT2D eigenvalue weighted by Crippen LogP contribution is 2.34. The highest BCUT2D eigenvalue weighted by Gasteiger charge is 2.30. The predicted octanol–water partition coefficient (Wildman–Crippen LogP) is 8.28. The number of rotatable bonds is 6. The minimum Gasteiger partial charge on any atom is -0.497 e. The van der Waals surface area contributed by atoms with E-state index in [-0.39, 0.29) is 47.9 Å². The number of hydrogen-bond acceptors (Lipinski definition) is 10. The molecular formula is C52H64N4O10. The summed E-state index contributed by atoms with van der Waals surface area (Å²) in [6.07, 6.45) is 10.3. The van der Waals surface area contributed by atoms with Crippen LogP contribution in [0.5, 0.6) is 34.5 Å². The van der Waals surface area contributed by atoms with Crippen LogP contribution >= 0.6 is 0 Å². The summed E-state index contributed by atoms with van der Waals surface area (Å²) in [5, 5.41) is 6.20. The molecule has 6 rings (SSSR count). The quantitative estimate of drug-likeness (QED) is 0.181. The Kier molecular flexibility index (Phi) is 18.1. The lowest BCUT2D eigenvalue weighted by atomic mass is 10.0. The molecule has 14 heteroatoms. The van der Waals surface area contributed by atoms with Crippen molar-refractivity contribution < 1.29 is 47.6 Å². The Labute approximate surface area is 388 Å². The highest BCUT2D eigenvalue weighted by atomic mass is 16.5. The van der Waals surface area contributed by atoms with Crippen LogP contribution in [-0.4, -0.2) is 100 Å². The van der Waals surface area contributed by atoms with Crippen LogP contribution in [0, 0.1) is 0 Å². The van der Waals surface area contributed by atoms with Crippen LogP contribution < -0.4 is 39.1 Å². The van der Waals surface area contributed by atoms with Crippen molar-refractivity contribution in [3.05, 3.63) is 131 Å². The van der Waals surface area contributed by atoms with Crippen molar-refractivity contribution in [2.75, 3.05) is 42.5 Å². The molecule has 4 amide bonds. The first-order valence-corrected chi connectivity index (χ1v) is 22.1. The number of ether oxygens (including phenoxy) is 6. The summed E-state index contributed by atoms with van der Waals surface area (Å²) in [7, 11) is 9.62. The molecule has 0 radical (unpaired) electrons. The zero-order chi connectivity index (χ0) is 47.9. The van der Waals surface area contributed by atoms with E-state index < -0.39 is 12.1 Å². The van der Waals surface area contributed by atoms with E-state index in [0.29, 0.717) is 71.3 Å².